The van der Waals surface area contributed by atoms with Gasteiger partial charge >= 0.3 is 5.97 Å². The average molecular weight is 381 g/mol. The molecule has 7 heteroatoms. The van der Waals surface area contributed by atoms with Gasteiger partial charge in [-0.25, -0.2) is 13.6 Å². The number of anilines is 1. The summed E-state index contributed by atoms with van der Waals surface area (Å²) in [5.74, 6) is -2.22. The lowest BCUT2D eigenvalue weighted by Gasteiger charge is -2.15. The minimum absolute atomic E-state index is 0.0241. The van der Waals surface area contributed by atoms with Crippen LogP contribution in [0.3, 0.4) is 0 Å². The van der Waals surface area contributed by atoms with Crippen LogP contribution in [-0.2, 0) is 6.54 Å². The van der Waals surface area contributed by atoms with Crippen molar-refractivity contribution in [3.05, 3.63) is 83.2 Å². The van der Waals surface area contributed by atoms with Crippen molar-refractivity contribution in [1.29, 1.82) is 0 Å². The van der Waals surface area contributed by atoms with Crippen LogP contribution in [0.25, 0.3) is 11.1 Å². The lowest BCUT2D eigenvalue weighted by atomic mass is 9.97. The molecule has 4 rings (SSSR count). The molecule has 5 nitrogen and oxygen atoms in total. The fraction of sp³-hybridized carbons (Fsp3) is 0.143. The number of benzene rings is 2. The number of carboxylic acids is 1. The Morgan fingerprint density at radius 2 is 2.07 bits per heavy atom. The highest BCUT2D eigenvalue weighted by molar-refractivity contribution is 5.93. The Balaban J connectivity index is 1.53. The zero-order valence-electron chi connectivity index (χ0n) is 14.7. The normalized spacial score (nSPS) is 15.3. The Morgan fingerprint density at radius 3 is 2.86 bits per heavy atom. The molecule has 1 atom stereocenters. The SMILES string of the molecule is O=C(O)c1ccncc1NC[C@@H]1NCc2cc(-c3ccc(F)cc3F)ccc21. The van der Waals surface area contributed by atoms with E-state index in [9.17, 15) is 18.7 Å². The lowest BCUT2D eigenvalue weighted by molar-refractivity contribution is 0.0697. The van der Waals surface area contributed by atoms with Crippen LogP contribution in [-0.4, -0.2) is 22.6 Å². The largest absolute Gasteiger partial charge is 0.478 e. The third-order valence-electron chi connectivity index (χ3n) is 4.85. The van der Waals surface area contributed by atoms with E-state index >= 15 is 0 Å². The van der Waals surface area contributed by atoms with Gasteiger partial charge in [0.15, 0.2) is 0 Å². The van der Waals surface area contributed by atoms with Gasteiger partial charge in [-0.2, -0.15) is 0 Å². The van der Waals surface area contributed by atoms with Crippen LogP contribution in [0.2, 0.25) is 0 Å². The summed E-state index contributed by atoms with van der Waals surface area (Å²) in [4.78, 5) is 15.3. The van der Waals surface area contributed by atoms with Gasteiger partial charge in [-0.15, -0.1) is 0 Å². The molecule has 0 saturated carbocycles. The summed E-state index contributed by atoms with van der Waals surface area (Å²) in [6, 6.07) is 10.6. The van der Waals surface area contributed by atoms with Crippen LogP contribution in [0.4, 0.5) is 14.5 Å². The molecule has 0 saturated heterocycles. The smallest absolute Gasteiger partial charge is 0.337 e. The molecule has 28 heavy (non-hydrogen) atoms. The molecule has 3 N–H and O–H groups in total. The van der Waals surface area contributed by atoms with Crippen molar-refractivity contribution in [2.24, 2.45) is 0 Å². The molecular formula is C21H17F2N3O2. The maximum atomic E-state index is 14.1. The van der Waals surface area contributed by atoms with Crippen LogP contribution in [0, 0.1) is 11.6 Å². The number of hydrogen-bond acceptors (Lipinski definition) is 4. The van der Waals surface area contributed by atoms with Crippen LogP contribution >= 0.6 is 0 Å². The first-order valence-corrected chi connectivity index (χ1v) is 8.76. The fourth-order valence-electron chi connectivity index (χ4n) is 3.45. The molecule has 0 radical (unpaired) electrons. The van der Waals surface area contributed by atoms with Gasteiger partial charge in [0.2, 0.25) is 0 Å². The number of rotatable bonds is 5. The molecule has 3 aromatic rings. The first kappa shape index (κ1) is 18.1. The lowest BCUT2D eigenvalue weighted by Crippen LogP contribution is -2.22. The van der Waals surface area contributed by atoms with E-state index in [0.717, 1.165) is 17.2 Å². The predicted octanol–water partition coefficient (Wildman–Crippen LogP) is 3.98. The molecule has 0 unspecified atom stereocenters. The second-order valence-corrected chi connectivity index (χ2v) is 6.58. The fourth-order valence-corrected chi connectivity index (χ4v) is 3.45. The zero-order chi connectivity index (χ0) is 19.7. The maximum Gasteiger partial charge on any atom is 0.337 e. The van der Waals surface area contributed by atoms with Crippen molar-refractivity contribution >= 4 is 11.7 Å². The summed E-state index contributed by atoms with van der Waals surface area (Å²) in [6.45, 7) is 1.08. The van der Waals surface area contributed by atoms with Crippen molar-refractivity contribution in [2.75, 3.05) is 11.9 Å². The minimum atomic E-state index is -1.02. The summed E-state index contributed by atoms with van der Waals surface area (Å²) >= 11 is 0. The quantitative estimate of drug-likeness (QED) is 0.623. The van der Waals surface area contributed by atoms with Gasteiger partial charge in [0, 0.05) is 30.9 Å². The number of aromatic nitrogens is 1. The first-order chi connectivity index (χ1) is 13.5. The number of hydrogen-bond donors (Lipinski definition) is 3. The molecule has 142 valence electrons. The van der Waals surface area contributed by atoms with Crippen molar-refractivity contribution in [3.8, 4) is 11.1 Å². The molecule has 1 aliphatic rings. The van der Waals surface area contributed by atoms with E-state index < -0.39 is 17.6 Å². The average Bonchev–Trinajstić information content (AvgIpc) is 3.08. The number of fused-ring (bicyclic) bond motifs is 1. The monoisotopic (exact) mass is 381 g/mol. The molecule has 0 amide bonds. The Morgan fingerprint density at radius 1 is 1.21 bits per heavy atom. The van der Waals surface area contributed by atoms with Crippen LogP contribution in [0.15, 0.2) is 54.9 Å². The highest BCUT2D eigenvalue weighted by Crippen LogP contribution is 2.31. The number of nitrogens with one attached hydrogen (secondary N) is 2. The van der Waals surface area contributed by atoms with E-state index in [1.165, 1.54) is 30.6 Å². The second-order valence-electron chi connectivity index (χ2n) is 6.58. The number of pyridine rings is 1. The van der Waals surface area contributed by atoms with Crippen molar-refractivity contribution < 1.29 is 18.7 Å². The van der Waals surface area contributed by atoms with Gasteiger partial charge < -0.3 is 15.7 Å². The molecule has 1 aliphatic heterocycles. The highest BCUT2D eigenvalue weighted by atomic mass is 19.1. The van der Waals surface area contributed by atoms with Crippen LogP contribution < -0.4 is 10.6 Å². The number of nitrogens with zero attached hydrogens (tertiary/aromatic N) is 1. The van der Waals surface area contributed by atoms with E-state index in [4.69, 9.17) is 0 Å². The van der Waals surface area contributed by atoms with Gasteiger partial charge in [0.05, 0.1) is 23.5 Å². The molecule has 2 heterocycles. The molecule has 0 aliphatic carbocycles. The zero-order valence-corrected chi connectivity index (χ0v) is 14.7. The van der Waals surface area contributed by atoms with Crippen molar-refractivity contribution in [2.45, 2.75) is 12.6 Å². The number of carboxylic acid groups (broad SMARTS) is 1. The van der Waals surface area contributed by atoms with Crippen LogP contribution in [0.1, 0.15) is 27.5 Å². The number of halogens is 2. The van der Waals surface area contributed by atoms with E-state index in [2.05, 4.69) is 15.6 Å². The van der Waals surface area contributed by atoms with Crippen molar-refractivity contribution in [3.63, 3.8) is 0 Å². The summed E-state index contributed by atoms with van der Waals surface area (Å²) in [7, 11) is 0. The molecular weight excluding hydrogens is 364 g/mol. The molecule has 0 bridgehead atoms. The third kappa shape index (κ3) is 3.44. The minimum Gasteiger partial charge on any atom is -0.478 e. The van der Waals surface area contributed by atoms with E-state index in [0.29, 0.717) is 29.9 Å². The molecule has 0 fully saturated rings. The Labute approximate surface area is 160 Å². The topological polar surface area (TPSA) is 74.2 Å². The van der Waals surface area contributed by atoms with Gasteiger partial charge in [0.25, 0.3) is 0 Å². The van der Waals surface area contributed by atoms with E-state index in [1.54, 1.807) is 0 Å². The van der Waals surface area contributed by atoms with Gasteiger partial charge in [0.1, 0.15) is 11.6 Å². The highest BCUT2D eigenvalue weighted by Gasteiger charge is 2.23. The van der Waals surface area contributed by atoms with E-state index in [-0.39, 0.29) is 11.6 Å². The van der Waals surface area contributed by atoms with Crippen molar-refractivity contribution in [1.82, 2.24) is 10.3 Å². The second kappa shape index (κ2) is 7.36. The predicted molar refractivity (Wildman–Crippen MR) is 101 cm³/mol. The Hall–Kier alpha value is -3.32. The van der Waals surface area contributed by atoms with Gasteiger partial charge in [-0.1, -0.05) is 12.1 Å². The van der Waals surface area contributed by atoms with Gasteiger partial charge in [-0.3, -0.25) is 4.98 Å². The standard InChI is InChI=1S/C21H17F2N3O2/c22-14-2-4-15(18(23)8-14)12-1-3-16-13(7-12)9-25-20(16)11-26-19-10-24-6-5-17(19)21(27)28/h1-8,10,20,25-26H,9,11H2,(H,27,28)/t20-/m0/s1. The third-order valence-corrected chi connectivity index (χ3v) is 4.85. The maximum absolute atomic E-state index is 14.1. The number of carbonyl (C=O) groups is 1. The summed E-state index contributed by atoms with van der Waals surface area (Å²) in [5.41, 5.74) is 3.74. The first-order valence-electron chi connectivity index (χ1n) is 8.76. The Kier molecular flexibility index (Phi) is 4.75. The Bertz CT molecular complexity index is 1060. The summed E-state index contributed by atoms with van der Waals surface area (Å²) < 4.78 is 27.2. The number of aromatic carboxylic acids is 1. The molecule has 1 aromatic heterocycles. The van der Waals surface area contributed by atoms with Gasteiger partial charge in [-0.05, 0) is 41.0 Å². The molecule has 2 aromatic carbocycles. The summed E-state index contributed by atoms with van der Waals surface area (Å²) in [5, 5.41) is 15.7. The molecule has 0 spiro atoms. The van der Waals surface area contributed by atoms with E-state index in [1.807, 2.05) is 18.2 Å². The van der Waals surface area contributed by atoms with Crippen LogP contribution in [0.5, 0.6) is 0 Å². The summed E-state index contributed by atoms with van der Waals surface area (Å²) in [6.07, 6.45) is 2.92.